The highest BCUT2D eigenvalue weighted by Gasteiger charge is 2.06. The number of hydrogen-bond donors (Lipinski definition) is 1. The predicted molar refractivity (Wildman–Crippen MR) is 74.9 cm³/mol. The van der Waals surface area contributed by atoms with Crippen molar-refractivity contribution >= 4 is 28.9 Å². The molecule has 0 aliphatic heterocycles. The van der Waals surface area contributed by atoms with Gasteiger partial charge in [0.15, 0.2) is 0 Å². The Bertz CT molecular complexity index is 550. The zero-order chi connectivity index (χ0) is 12.4. The summed E-state index contributed by atoms with van der Waals surface area (Å²) in [7, 11) is 0. The quantitative estimate of drug-likeness (QED) is 0.797. The van der Waals surface area contributed by atoms with Crippen molar-refractivity contribution in [1.29, 1.82) is 0 Å². The van der Waals surface area contributed by atoms with Crippen LogP contribution in [0.2, 0.25) is 10.0 Å². The maximum Gasteiger partial charge on any atom is 0.0670 e. The van der Waals surface area contributed by atoms with Crippen LogP contribution in [0.1, 0.15) is 16.7 Å². The van der Waals surface area contributed by atoms with Crippen LogP contribution in [-0.4, -0.2) is 0 Å². The third-order valence-electron chi connectivity index (χ3n) is 2.60. The highest BCUT2D eigenvalue weighted by Crippen LogP contribution is 2.27. The van der Waals surface area contributed by atoms with E-state index in [1.807, 2.05) is 37.3 Å². The molecule has 2 aromatic rings. The fourth-order valence-corrected chi connectivity index (χ4v) is 2.26. The van der Waals surface area contributed by atoms with Gasteiger partial charge in [0.1, 0.15) is 0 Å². The molecule has 0 bridgehead atoms. The minimum Gasteiger partial charge on any atom is -0.398 e. The van der Waals surface area contributed by atoms with Gasteiger partial charge in [-0.25, -0.2) is 0 Å². The molecule has 0 radical (unpaired) electrons. The molecule has 0 saturated carbocycles. The molecule has 0 atom stereocenters. The number of halogens is 2. The molecule has 0 aromatic heterocycles. The fourth-order valence-electron chi connectivity index (χ4n) is 1.87. The van der Waals surface area contributed by atoms with E-state index in [2.05, 4.69) is 6.07 Å². The average molecular weight is 266 g/mol. The molecule has 0 unspecified atom stereocenters. The molecule has 0 heterocycles. The van der Waals surface area contributed by atoms with Gasteiger partial charge in [-0.1, -0.05) is 41.4 Å². The summed E-state index contributed by atoms with van der Waals surface area (Å²) in [6, 6.07) is 11.7. The highest BCUT2D eigenvalue weighted by atomic mass is 35.5. The Morgan fingerprint density at radius 3 is 2.59 bits per heavy atom. The minimum absolute atomic E-state index is 0.628. The van der Waals surface area contributed by atoms with Crippen molar-refractivity contribution in [2.24, 2.45) is 0 Å². The average Bonchev–Trinajstić information content (AvgIpc) is 2.25. The van der Waals surface area contributed by atoms with E-state index in [-0.39, 0.29) is 0 Å². The largest absolute Gasteiger partial charge is 0.398 e. The number of anilines is 1. The van der Waals surface area contributed by atoms with Gasteiger partial charge in [-0.15, -0.1) is 0 Å². The lowest BCUT2D eigenvalue weighted by Crippen LogP contribution is -1.95. The SMILES string of the molecule is Cc1cc(N)c(Cl)c(Cc2cccc(Cl)c2)c1. The Morgan fingerprint density at radius 2 is 1.88 bits per heavy atom. The molecule has 17 heavy (non-hydrogen) atoms. The van der Waals surface area contributed by atoms with Crippen LogP contribution in [0.15, 0.2) is 36.4 Å². The first-order chi connectivity index (χ1) is 8.06. The maximum atomic E-state index is 6.20. The van der Waals surface area contributed by atoms with E-state index >= 15 is 0 Å². The maximum absolute atomic E-state index is 6.20. The molecule has 1 nitrogen and oxygen atoms in total. The lowest BCUT2D eigenvalue weighted by atomic mass is 10.0. The molecule has 0 aliphatic rings. The molecule has 3 heteroatoms. The lowest BCUT2D eigenvalue weighted by Gasteiger charge is -2.09. The van der Waals surface area contributed by atoms with Gasteiger partial charge in [-0.05, 0) is 48.2 Å². The van der Waals surface area contributed by atoms with E-state index in [1.165, 1.54) is 0 Å². The van der Waals surface area contributed by atoms with Gasteiger partial charge < -0.3 is 5.73 Å². The third kappa shape index (κ3) is 2.93. The summed E-state index contributed by atoms with van der Waals surface area (Å²) in [6.45, 7) is 2.01. The number of rotatable bonds is 2. The van der Waals surface area contributed by atoms with Crippen molar-refractivity contribution in [1.82, 2.24) is 0 Å². The van der Waals surface area contributed by atoms with E-state index in [4.69, 9.17) is 28.9 Å². The van der Waals surface area contributed by atoms with E-state index in [0.29, 0.717) is 10.7 Å². The first-order valence-corrected chi connectivity index (χ1v) is 6.11. The molecule has 2 N–H and O–H groups in total. The second-order valence-corrected chi connectivity index (χ2v) is 4.95. The van der Waals surface area contributed by atoms with Crippen LogP contribution in [0.4, 0.5) is 5.69 Å². The smallest absolute Gasteiger partial charge is 0.0670 e. The van der Waals surface area contributed by atoms with E-state index < -0.39 is 0 Å². The number of nitrogen functional groups attached to an aromatic ring is 1. The van der Waals surface area contributed by atoms with Gasteiger partial charge in [-0.3, -0.25) is 0 Å². The number of aryl methyl sites for hydroxylation is 1. The first-order valence-electron chi connectivity index (χ1n) is 5.35. The third-order valence-corrected chi connectivity index (χ3v) is 3.30. The molecule has 0 amide bonds. The summed E-state index contributed by atoms with van der Waals surface area (Å²) >= 11 is 12.2. The second kappa shape index (κ2) is 4.99. The van der Waals surface area contributed by atoms with Crippen molar-refractivity contribution < 1.29 is 0 Å². The summed E-state index contributed by atoms with van der Waals surface area (Å²) in [5, 5.41) is 1.37. The summed E-state index contributed by atoms with van der Waals surface area (Å²) < 4.78 is 0. The molecule has 2 aromatic carbocycles. The topological polar surface area (TPSA) is 26.0 Å². The van der Waals surface area contributed by atoms with Crippen LogP contribution in [0.25, 0.3) is 0 Å². The summed E-state index contributed by atoms with van der Waals surface area (Å²) in [5.74, 6) is 0. The Morgan fingerprint density at radius 1 is 1.12 bits per heavy atom. The van der Waals surface area contributed by atoms with Crippen molar-refractivity contribution in [3.05, 3.63) is 63.1 Å². The zero-order valence-corrected chi connectivity index (χ0v) is 11.0. The number of benzene rings is 2. The highest BCUT2D eigenvalue weighted by molar-refractivity contribution is 6.34. The molecular formula is C14H13Cl2N. The van der Waals surface area contributed by atoms with Crippen LogP contribution in [0, 0.1) is 6.92 Å². The zero-order valence-electron chi connectivity index (χ0n) is 9.50. The molecule has 0 saturated heterocycles. The van der Waals surface area contributed by atoms with E-state index in [9.17, 15) is 0 Å². The van der Waals surface area contributed by atoms with Gasteiger partial charge >= 0.3 is 0 Å². The fraction of sp³-hybridized carbons (Fsp3) is 0.143. The Balaban J connectivity index is 2.36. The lowest BCUT2D eigenvalue weighted by molar-refractivity contribution is 1.18. The standard InChI is InChI=1S/C14H13Cl2N/c1-9-5-11(14(16)13(17)6-9)7-10-3-2-4-12(15)8-10/h2-6,8H,7,17H2,1H3. The van der Waals surface area contributed by atoms with Crippen molar-refractivity contribution in [3.63, 3.8) is 0 Å². The second-order valence-electron chi connectivity index (χ2n) is 4.13. The van der Waals surface area contributed by atoms with Crippen molar-refractivity contribution in [2.45, 2.75) is 13.3 Å². The molecular weight excluding hydrogens is 253 g/mol. The Labute approximate surface area is 111 Å². The monoisotopic (exact) mass is 265 g/mol. The number of hydrogen-bond acceptors (Lipinski definition) is 1. The molecule has 0 spiro atoms. The van der Waals surface area contributed by atoms with Gasteiger partial charge in [0.25, 0.3) is 0 Å². The van der Waals surface area contributed by atoms with Crippen molar-refractivity contribution in [2.75, 3.05) is 5.73 Å². The molecule has 0 fully saturated rings. The first kappa shape index (κ1) is 12.3. The molecule has 88 valence electrons. The molecule has 2 rings (SSSR count). The summed E-state index contributed by atoms with van der Waals surface area (Å²) in [6.07, 6.45) is 0.741. The summed E-state index contributed by atoms with van der Waals surface area (Å²) in [5.41, 5.74) is 9.75. The van der Waals surface area contributed by atoms with Crippen LogP contribution < -0.4 is 5.73 Å². The Kier molecular flexibility index (Phi) is 3.60. The van der Waals surface area contributed by atoms with Gasteiger partial charge in [0.05, 0.1) is 10.7 Å². The summed E-state index contributed by atoms with van der Waals surface area (Å²) in [4.78, 5) is 0. The minimum atomic E-state index is 0.628. The number of nitrogens with two attached hydrogens (primary N) is 1. The van der Waals surface area contributed by atoms with Gasteiger partial charge in [0.2, 0.25) is 0 Å². The van der Waals surface area contributed by atoms with E-state index in [0.717, 1.165) is 28.1 Å². The Hall–Kier alpha value is -1.18. The normalized spacial score (nSPS) is 10.5. The van der Waals surface area contributed by atoms with E-state index in [1.54, 1.807) is 0 Å². The van der Waals surface area contributed by atoms with Gasteiger partial charge in [-0.2, -0.15) is 0 Å². The van der Waals surface area contributed by atoms with Crippen LogP contribution >= 0.6 is 23.2 Å². The van der Waals surface area contributed by atoms with Crippen molar-refractivity contribution in [3.8, 4) is 0 Å². The van der Waals surface area contributed by atoms with Crippen LogP contribution in [0.3, 0.4) is 0 Å². The van der Waals surface area contributed by atoms with Gasteiger partial charge in [0, 0.05) is 5.02 Å². The van der Waals surface area contributed by atoms with Crippen LogP contribution in [0.5, 0.6) is 0 Å². The predicted octanol–water partition coefficient (Wildman–Crippen LogP) is 4.47. The molecule has 0 aliphatic carbocycles. The van der Waals surface area contributed by atoms with Crippen LogP contribution in [-0.2, 0) is 6.42 Å².